The number of likely N-dealkylation sites (tertiary alicyclic amines) is 1. The molecule has 1 saturated heterocycles. The molecule has 4 atom stereocenters. The number of halogens is 2. The number of piperidine rings is 1. The number of amides is 1. The molecule has 4 rings (SSSR count). The van der Waals surface area contributed by atoms with Crippen molar-refractivity contribution in [3.63, 3.8) is 0 Å². The van der Waals surface area contributed by atoms with E-state index in [1.54, 1.807) is 43.9 Å². The third-order valence-electron chi connectivity index (χ3n) is 8.48. The highest BCUT2D eigenvalue weighted by molar-refractivity contribution is 7.92. The van der Waals surface area contributed by atoms with Gasteiger partial charge in [0.25, 0.3) is 0 Å². The van der Waals surface area contributed by atoms with Crippen LogP contribution in [0, 0.1) is 11.3 Å². The standard InChI is InChI=1S/C30H37Cl2NO5S/c1-5-30(17-26(34)35)16-24(21-7-6-8-23(32)15-21)27(20-11-13-22(31)14-12-20)33(28(30)36)25(19-9-10-19)18-39(37,38)29(2,3)4/h6-8,11-15,19,24-25,27H,5,9-10,16-18H2,1-4H3,(H,34,35)/t24-,25-,27-,30+/m1/s1. The van der Waals surface area contributed by atoms with Crippen LogP contribution in [0.2, 0.25) is 10.0 Å². The van der Waals surface area contributed by atoms with Crippen LogP contribution in [0.3, 0.4) is 0 Å². The largest absolute Gasteiger partial charge is 0.481 e. The molecular weight excluding hydrogens is 557 g/mol. The monoisotopic (exact) mass is 593 g/mol. The van der Waals surface area contributed by atoms with Gasteiger partial charge in [0.1, 0.15) is 0 Å². The van der Waals surface area contributed by atoms with Crippen molar-refractivity contribution in [2.45, 2.75) is 82.5 Å². The van der Waals surface area contributed by atoms with Gasteiger partial charge in [0.15, 0.2) is 9.84 Å². The van der Waals surface area contributed by atoms with Crippen molar-refractivity contribution >= 4 is 44.9 Å². The molecule has 2 aromatic rings. The topological polar surface area (TPSA) is 91.8 Å². The number of benzene rings is 2. The predicted octanol–water partition coefficient (Wildman–Crippen LogP) is 6.91. The van der Waals surface area contributed by atoms with E-state index in [0.29, 0.717) is 22.9 Å². The summed E-state index contributed by atoms with van der Waals surface area (Å²) in [5.74, 6) is -1.79. The first-order valence-corrected chi connectivity index (χ1v) is 15.9. The minimum atomic E-state index is -3.60. The van der Waals surface area contributed by atoms with Crippen LogP contribution >= 0.6 is 23.2 Å². The second-order valence-electron chi connectivity index (χ2n) is 12.1. The summed E-state index contributed by atoms with van der Waals surface area (Å²) in [6.07, 6.45) is 1.94. The number of nitrogens with zero attached hydrogens (tertiary/aromatic N) is 1. The summed E-state index contributed by atoms with van der Waals surface area (Å²) >= 11 is 12.7. The minimum Gasteiger partial charge on any atom is -0.481 e. The first kappa shape index (κ1) is 29.9. The number of carboxylic acids is 1. The number of carboxylic acid groups (broad SMARTS) is 1. The number of carbonyl (C=O) groups is 2. The van der Waals surface area contributed by atoms with Gasteiger partial charge in [-0.3, -0.25) is 9.59 Å². The Balaban J connectivity index is 1.97. The van der Waals surface area contributed by atoms with Gasteiger partial charge in [-0.25, -0.2) is 8.42 Å². The lowest BCUT2D eigenvalue weighted by atomic mass is 9.65. The molecule has 0 bridgehead atoms. The fourth-order valence-electron chi connectivity index (χ4n) is 5.92. The number of rotatable bonds is 9. The van der Waals surface area contributed by atoms with E-state index < -0.39 is 38.1 Å². The molecule has 1 N–H and O–H groups in total. The van der Waals surface area contributed by atoms with E-state index in [-0.39, 0.29) is 29.9 Å². The summed E-state index contributed by atoms with van der Waals surface area (Å²) in [6, 6.07) is 13.6. The van der Waals surface area contributed by atoms with Gasteiger partial charge in [-0.15, -0.1) is 0 Å². The average molecular weight is 595 g/mol. The van der Waals surface area contributed by atoms with Crippen LogP contribution in [0.25, 0.3) is 0 Å². The predicted molar refractivity (Wildman–Crippen MR) is 155 cm³/mol. The van der Waals surface area contributed by atoms with Crippen molar-refractivity contribution in [3.8, 4) is 0 Å². The fourth-order valence-corrected chi connectivity index (χ4v) is 7.63. The molecule has 212 valence electrons. The van der Waals surface area contributed by atoms with E-state index in [1.165, 1.54) is 0 Å². The van der Waals surface area contributed by atoms with Gasteiger partial charge in [0, 0.05) is 22.0 Å². The molecule has 2 aromatic carbocycles. The van der Waals surface area contributed by atoms with Gasteiger partial charge in [0.2, 0.25) is 5.91 Å². The van der Waals surface area contributed by atoms with Crippen LogP contribution in [0.4, 0.5) is 0 Å². The van der Waals surface area contributed by atoms with E-state index >= 15 is 0 Å². The molecular formula is C30H37Cl2NO5S. The van der Waals surface area contributed by atoms with Crippen molar-refractivity contribution in [3.05, 3.63) is 69.7 Å². The maximum atomic E-state index is 14.6. The summed E-state index contributed by atoms with van der Waals surface area (Å²) in [5.41, 5.74) is 0.536. The van der Waals surface area contributed by atoms with Crippen molar-refractivity contribution in [2.75, 3.05) is 5.75 Å². The Bertz CT molecular complexity index is 1330. The zero-order chi connectivity index (χ0) is 28.8. The summed E-state index contributed by atoms with van der Waals surface area (Å²) in [5, 5.41) is 11.0. The van der Waals surface area contributed by atoms with E-state index in [2.05, 4.69) is 0 Å². The molecule has 2 fully saturated rings. The molecule has 2 aliphatic rings. The van der Waals surface area contributed by atoms with E-state index in [1.807, 2.05) is 37.3 Å². The molecule has 1 heterocycles. The summed E-state index contributed by atoms with van der Waals surface area (Å²) in [7, 11) is -3.60. The van der Waals surface area contributed by atoms with Crippen LogP contribution in [-0.2, 0) is 19.4 Å². The smallest absolute Gasteiger partial charge is 0.304 e. The third-order valence-corrected chi connectivity index (χ3v) is 11.6. The minimum absolute atomic E-state index is 0.0263. The number of aliphatic carboxylic acids is 1. The highest BCUT2D eigenvalue weighted by atomic mass is 35.5. The number of sulfone groups is 1. The van der Waals surface area contributed by atoms with Crippen LogP contribution < -0.4 is 0 Å². The molecule has 1 saturated carbocycles. The van der Waals surface area contributed by atoms with Gasteiger partial charge in [-0.05, 0) is 87.8 Å². The molecule has 1 aliphatic heterocycles. The van der Waals surface area contributed by atoms with Crippen LogP contribution in [0.15, 0.2) is 48.5 Å². The first-order chi connectivity index (χ1) is 18.2. The number of hydrogen-bond donors (Lipinski definition) is 1. The highest BCUT2D eigenvalue weighted by Gasteiger charge is 2.56. The molecule has 0 aromatic heterocycles. The van der Waals surface area contributed by atoms with Crippen molar-refractivity contribution in [1.29, 1.82) is 0 Å². The number of hydrogen-bond acceptors (Lipinski definition) is 4. The molecule has 0 radical (unpaired) electrons. The van der Waals surface area contributed by atoms with Crippen LogP contribution in [0.1, 0.15) is 82.9 Å². The fraction of sp³-hybridized carbons (Fsp3) is 0.533. The second-order valence-corrected chi connectivity index (χ2v) is 15.7. The van der Waals surface area contributed by atoms with E-state index in [0.717, 1.165) is 24.0 Å². The van der Waals surface area contributed by atoms with Gasteiger partial charge in [0.05, 0.1) is 28.4 Å². The third kappa shape index (κ3) is 6.15. The van der Waals surface area contributed by atoms with Crippen molar-refractivity contribution in [1.82, 2.24) is 4.90 Å². The van der Waals surface area contributed by atoms with E-state index in [9.17, 15) is 23.1 Å². The van der Waals surface area contributed by atoms with Crippen molar-refractivity contribution in [2.24, 2.45) is 11.3 Å². The van der Waals surface area contributed by atoms with Gasteiger partial charge < -0.3 is 10.0 Å². The summed E-state index contributed by atoms with van der Waals surface area (Å²) in [6.45, 7) is 6.87. The highest BCUT2D eigenvalue weighted by Crippen LogP contribution is 2.55. The normalized spacial score (nSPS) is 25.0. The molecule has 0 spiro atoms. The zero-order valence-corrected chi connectivity index (χ0v) is 25.2. The Morgan fingerprint density at radius 3 is 2.23 bits per heavy atom. The van der Waals surface area contributed by atoms with Gasteiger partial charge in [-0.1, -0.05) is 54.4 Å². The lowest BCUT2D eigenvalue weighted by molar-refractivity contribution is -0.162. The summed E-state index contributed by atoms with van der Waals surface area (Å²) in [4.78, 5) is 28.5. The van der Waals surface area contributed by atoms with Crippen LogP contribution in [0.5, 0.6) is 0 Å². The average Bonchev–Trinajstić information content (AvgIpc) is 3.69. The maximum absolute atomic E-state index is 14.6. The molecule has 0 unspecified atom stereocenters. The SMILES string of the molecule is CC[C@@]1(CC(=O)O)C[C@H](c2cccc(Cl)c2)[C@@H](c2ccc(Cl)cc2)N([C@H](CS(=O)(=O)C(C)(C)C)C2CC2)C1=O. The van der Waals surface area contributed by atoms with Gasteiger partial charge in [-0.2, -0.15) is 0 Å². The Morgan fingerprint density at radius 1 is 1.08 bits per heavy atom. The van der Waals surface area contributed by atoms with E-state index in [4.69, 9.17) is 23.2 Å². The van der Waals surface area contributed by atoms with Crippen LogP contribution in [-0.4, -0.2) is 46.8 Å². The van der Waals surface area contributed by atoms with Crippen molar-refractivity contribution < 1.29 is 23.1 Å². The number of carbonyl (C=O) groups excluding carboxylic acids is 1. The molecule has 9 heteroatoms. The molecule has 39 heavy (non-hydrogen) atoms. The maximum Gasteiger partial charge on any atom is 0.304 e. The first-order valence-electron chi connectivity index (χ1n) is 13.5. The zero-order valence-electron chi connectivity index (χ0n) is 22.9. The lowest BCUT2D eigenvalue weighted by Crippen LogP contribution is -2.59. The Kier molecular flexibility index (Phi) is 8.47. The second kappa shape index (κ2) is 11.1. The molecule has 1 aliphatic carbocycles. The Hall–Kier alpha value is -2.09. The molecule has 1 amide bonds. The lowest BCUT2D eigenvalue weighted by Gasteiger charge is -2.53. The quantitative estimate of drug-likeness (QED) is 0.341. The summed E-state index contributed by atoms with van der Waals surface area (Å²) < 4.78 is 26.1. The van der Waals surface area contributed by atoms with Gasteiger partial charge >= 0.3 is 5.97 Å². The Morgan fingerprint density at radius 2 is 1.72 bits per heavy atom. The Labute approximate surface area is 241 Å². The molecule has 6 nitrogen and oxygen atoms in total.